The smallest absolute Gasteiger partial charge is 0.326 e. The van der Waals surface area contributed by atoms with Crippen molar-refractivity contribution in [2.24, 2.45) is 0 Å². The van der Waals surface area contributed by atoms with Crippen molar-refractivity contribution in [3.8, 4) is 0 Å². The molecule has 0 aliphatic heterocycles. The molecule has 1 aromatic heterocycles. The van der Waals surface area contributed by atoms with Gasteiger partial charge in [-0.3, -0.25) is 4.79 Å². The van der Waals surface area contributed by atoms with E-state index in [1.807, 2.05) is 0 Å². The second-order valence-electron chi connectivity index (χ2n) is 4.31. The van der Waals surface area contributed by atoms with E-state index in [-0.39, 0.29) is 5.91 Å². The normalized spacial score (nSPS) is 12.3. The molecule has 0 radical (unpaired) electrons. The van der Waals surface area contributed by atoms with Gasteiger partial charge in [0.15, 0.2) is 0 Å². The number of amides is 1. The van der Waals surface area contributed by atoms with Crippen LogP contribution in [-0.2, 0) is 4.79 Å². The zero-order chi connectivity index (χ0) is 14.0. The Morgan fingerprint density at radius 2 is 2.21 bits per heavy atom. The van der Waals surface area contributed by atoms with Crippen LogP contribution in [0.2, 0.25) is 0 Å². The van der Waals surface area contributed by atoms with Gasteiger partial charge in [0.1, 0.15) is 6.04 Å². The van der Waals surface area contributed by atoms with Crippen LogP contribution in [0, 0.1) is 0 Å². The number of benzene rings is 1. The number of aromatic nitrogens is 2. The Morgan fingerprint density at radius 1 is 1.47 bits per heavy atom. The molecule has 1 amide bonds. The molecule has 1 unspecified atom stereocenters. The summed E-state index contributed by atoms with van der Waals surface area (Å²) in [6, 6.07) is 4.24. The van der Waals surface area contributed by atoms with Gasteiger partial charge in [0.2, 0.25) is 0 Å². The van der Waals surface area contributed by atoms with E-state index in [0.717, 1.165) is 11.0 Å². The highest BCUT2D eigenvalue weighted by Gasteiger charge is 2.25. The zero-order valence-electron chi connectivity index (χ0n) is 10.8. The van der Waals surface area contributed by atoms with Crippen molar-refractivity contribution in [2.45, 2.75) is 19.4 Å². The summed E-state index contributed by atoms with van der Waals surface area (Å²) in [6.07, 6.45) is 1.92. The van der Waals surface area contributed by atoms with Crippen LogP contribution in [0.4, 0.5) is 0 Å². The first-order chi connectivity index (χ1) is 9.04. The Morgan fingerprint density at radius 3 is 2.84 bits per heavy atom. The first kappa shape index (κ1) is 13.1. The second kappa shape index (κ2) is 5.09. The minimum absolute atomic E-state index is 0.314. The fraction of sp³-hybridized carbons (Fsp3) is 0.308. The van der Waals surface area contributed by atoms with Crippen LogP contribution >= 0.6 is 0 Å². The summed E-state index contributed by atoms with van der Waals surface area (Å²) in [5.41, 5.74) is 1.96. The molecule has 1 atom stereocenters. The van der Waals surface area contributed by atoms with Gasteiger partial charge in [-0.25, -0.2) is 9.78 Å². The van der Waals surface area contributed by atoms with Crippen molar-refractivity contribution < 1.29 is 14.7 Å². The Hall–Kier alpha value is -2.37. The summed E-state index contributed by atoms with van der Waals surface area (Å²) in [4.78, 5) is 31.6. The minimum Gasteiger partial charge on any atom is -0.480 e. The molecule has 0 aliphatic carbocycles. The SMILES string of the molecule is CCC(C(=O)O)N(C)C(=O)c1ccc2nc[nH]c2c1. The van der Waals surface area contributed by atoms with E-state index in [1.165, 1.54) is 11.9 Å². The van der Waals surface area contributed by atoms with E-state index in [0.29, 0.717) is 12.0 Å². The summed E-state index contributed by atoms with van der Waals surface area (Å²) >= 11 is 0. The number of carbonyl (C=O) groups excluding carboxylic acids is 1. The molecule has 6 nitrogen and oxygen atoms in total. The molecule has 1 heterocycles. The van der Waals surface area contributed by atoms with Crippen molar-refractivity contribution >= 4 is 22.9 Å². The third-order valence-corrected chi connectivity index (χ3v) is 3.13. The number of fused-ring (bicyclic) bond motifs is 1. The predicted molar refractivity (Wildman–Crippen MR) is 69.9 cm³/mol. The number of hydrogen-bond donors (Lipinski definition) is 2. The Labute approximate surface area is 110 Å². The fourth-order valence-electron chi connectivity index (χ4n) is 2.03. The number of carboxylic acids is 1. The molecule has 0 bridgehead atoms. The van der Waals surface area contributed by atoms with Gasteiger partial charge in [-0.1, -0.05) is 6.92 Å². The maximum atomic E-state index is 12.2. The predicted octanol–water partition coefficient (Wildman–Crippen LogP) is 1.50. The van der Waals surface area contributed by atoms with Gasteiger partial charge in [-0.15, -0.1) is 0 Å². The number of aliphatic carboxylic acids is 1. The molecule has 0 spiro atoms. The van der Waals surface area contributed by atoms with Crippen molar-refractivity contribution in [2.75, 3.05) is 7.05 Å². The molecule has 19 heavy (non-hydrogen) atoms. The molecule has 0 saturated heterocycles. The van der Waals surface area contributed by atoms with E-state index in [9.17, 15) is 9.59 Å². The molecule has 2 rings (SSSR count). The lowest BCUT2D eigenvalue weighted by Gasteiger charge is -2.23. The van der Waals surface area contributed by atoms with Crippen molar-refractivity contribution in [3.05, 3.63) is 30.1 Å². The van der Waals surface area contributed by atoms with Gasteiger partial charge in [0.05, 0.1) is 17.4 Å². The minimum atomic E-state index is -0.999. The maximum absolute atomic E-state index is 12.2. The number of nitrogens with zero attached hydrogens (tertiary/aromatic N) is 2. The Bertz CT molecular complexity index is 620. The molecule has 2 N–H and O–H groups in total. The van der Waals surface area contributed by atoms with Gasteiger partial charge in [0, 0.05) is 12.6 Å². The molecule has 100 valence electrons. The molecule has 6 heteroatoms. The summed E-state index contributed by atoms with van der Waals surface area (Å²) < 4.78 is 0. The highest BCUT2D eigenvalue weighted by Crippen LogP contribution is 2.15. The van der Waals surface area contributed by atoms with Gasteiger partial charge < -0.3 is 15.0 Å². The lowest BCUT2D eigenvalue weighted by molar-refractivity contribution is -0.142. The lowest BCUT2D eigenvalue weighted by atomic mass is 10.1. The lowest BCUT2D eigenvalue weighted by Crippen LogP contribution is -2.41. The van der Waals surface area contributed by atoms with Gasteiger partial charge in [-0.2, -0.15) is 0 Å². The number of carbonyl (C=O) groups is 2. The number of imidazole rings is 1. The topological polar surface area (TPSA) is 86.3 Å². The number of nitrogens with one attached hydrogen (secondary N) is 1. The second-order valence-corrected chi connectivity index (χ2v) is 4.31. The fourth-order valence-corrected chi connectivity index (χ4v) is 2.03. The average Bonchev–Trinajstić information content (AvgIpc) is 2.85. The molecule has 0 fully saturated rings. The van der Waals surface area contributed by atoms with Gasteiger partial charge in [0.25, 0.3) is 5.91 Å². The van der Waals surface area contributed by atoms with Gasteiger partial charge in [-0.05, 0) is 24.6 Å². The van der Waals surface area contributed by atoms with Crippen LogP contribution in [0.25, 0.3) is 11.0 Å². The summed E-state index contributed by atoms with van der Waals surface area (Å²) in [7, 11) is 1.50. The maximum Gasteiger partial charge on any atom is 0.326 e. The highest BCUT2D eigenvalue weighted by atomic mass is 16.4. The molecular weight excluding hydrogens is 246 g/mol. The van der Waals surface area contributed by atoms with Crippen LogP contribution in [0.3, 0.4) is 0 Å². The molecular formula is C13H15N3O3. The van der Waals surface area contributed by atoms with Crippen LogP contribution < -0.4 is 0 Å². The number of hydrogen-bond acceptors (Lipinski definition) is 3. The summed E-state index contributed by atoms with van der Waals surface area (Å²) in [5.74, 6) is -1.31. The quantitative estimate of drug-likeness (QED) is 0.873. The van der Waals surface area contributed by atoms with E-state index in [1.54, 1.807) is 31.5 Å². The van der Waals surface area contributed by atoms with E-state index < -0.39 is 12.0 Å². The van der Waals surface area contributed by atoms with Crippen molar-refractivity contribution in [1.29, 1.82) is 0 Å². The van der Waals surface area contributed by atoms with E-state index in [2.05, 4.69) is 9.97 Å². The number of aromatic amines is 1. The van der Waals surface area contributed by atoms with Crippen LogP contribution in [-0.4, -0.2) is 44.9 Å². The average molecular weight is 261 g/mol. The highest BCUT2D eigenvalue weighted by molar-refractivity contribution is 5.98. The molecule has 1 aromatic carbocycles. The van der Waals surface area contributed by atoms with E-state index in [4.69, 9.17) is 5.11 Å². The monoisotopic (exact) mass is 261 g/mol. The zero-order valence-corrected chi connectivity index (χ0v) is 10.8. The Kier molecular flexibility index (Phi) is 3.50. The van der Waals surface area contributed by atoms with E-state index >= 15 is 0 Å². The van der Waals surface area contributed by atoms with Crippen molar-refractivity contribution in [3.63, 3.8) is 0 Å². The number of rotatable bonds is 4. The number of H-pyrrole nitrogens is 1. The number of likely N-dealkylation sites (N-methyl/N-ethyl adjacent to an activating group) is 1. The Balaban J connectivity index is 2.29. The van der Waals surface area contributed by atoms with Gasteiger partial charge >= 0.3 is 5.97 Å². The number of carboxylic acid groups (broad SMARTS) is 1. The first-order valence-corrected chi connectivity index (χ1v) is 5.97. The summed E-state index contributed by atoms with van der Waals surface area (Å²) in [6.45, 7) is 1.74. The third kappa shape index (κ3) is 2.42. The van der Waals surface area contributed by atoms with Crippen molar-refractivity contribution in [1.82, 2.24) is 14.9 Å². The standard InChI is InChI=1S/C13H15N3O3/c1-3-11(13(18)19)16(2)12(17)8-4-5-9-10(6-8)15-7-14-9/h4-7,11H,3H2,1-2H3,(H,14,15)(H,18,19). The van der Waals surface area contributed by atoms with Crippen LogP contribution in [0.1, 0.15) is 23.7 Å². The molecule has 2 aromatic rings. The van der Waals surface area contributed by atoms with Crippen LogP contribution in [0.15, 0.2) is 24.5 Å². The first-order valence-electron chi connectivity index (χ1n) is 5.97. The van der Waals surface area contributed by atoms with Crippen LogP contribution in [0.5, 0.6) is 0 Å². The molecule has 0 saturated carbocycles. The largest absolute Gasteiger partial charge is 0.480 e. The molecule has 0 aliphatic rings. The summed E-state index contributed by atoms with van der Waals surface area (Å²) in [5, 5.41) is 9.07. The third-order valence-electron chi connectivity index (χ3n) is 3.13.